The Labute approximate surface area is 111 Å². The highest BCUT2D eigenvalue weighted by Crippen LogP contribution is 2.46. The van der Waals surface area contributed by atoms with E-state index in [2.05, 4.69) is 50.8 Å². The summed E-state index contributed by atoms with van der Waals surface area (Å²) in [6, 6.07) is 10.8. The normalized spacial score (nSPS) is 31.4. The molecule has 0 spiro atoms. The van der Waals surface area contributed by atoms with Gasteiger partial charge in [0.1, 0.15) is 0 Å². The number of ether oxygens (including phenoxy) is 1. The summed E-state index contributed by atoms with van der Waals surface area (Å²) in [6.45, 7) is 8.40. The van der Waals surface area contributed by atoms with Crippen LogP contribution in [-0.2, 0) is 4.74 Å². The molecule has 1 aliphatic heterocycles. The van der Waals surface area contributed by atoms with Crippen LogP contribution in [0.2, 0.25) is 0 Å². The van der Waals surface area contributed by atoms with Gasteiger partial charge in [-0.2, -0.15) is 0 Å². The van der Waals surface area contributed by atoms with Gasteiger partial charge in [0.2, 0.25) is 0 Å². The summed E-state index contributed by atoms with van der Waals surface area (Å²) < 4.78 is 6.25. The highest BCUT2D eigenvalue weighted by molar-refractivity contribution is 5.25. The van der Waals surface area contributed by atoms with Crippen LogP contribution < -0.4 is 0 Å². The van der Waals surface area contributed by atoms with Crippen LogP contribution in [0.5, 0.6) is 0 Å². The number of rotatable bonds is 5. The van der Waals surface area contributed by atoms with Crippen molar-refractivity contribution < 1.29 is 4.74 Å². The Bertz CT molecular complexity index is 384. The first kappa shape index (κ1) is 13.4. The highest BCUT2D eigenvalue weighted by Gasteiger charge is 2.44. The number of benzene rings is 1. The molecule has 1 heteroatoms. The average molecular weight is 244 g/mol. The molecule has 1 aromatic carbocycles. The van der Waals surface area contributed by atoms with E-state index in [9.17, 15) is 0 Å². The smallest absolute Gasteiger partial charge is 0.0767 e. The lowest BCUT2D eigenvalue weighted by Crippen LogP contribution is -2.30. The predicted molar refractivity (Wildman–Crippen MR) is 76.8 cm³/mol. The summed E-state index contributed by atoms with van der Waals surface area (Å²) in [5.41, 5.74) is 1.37. The maximum Gasteiger partial charge on any atom is 0.0767 e. The Kier molecular flexibility index (Phi) is 4.23. The Morgan fingerprint density at radius 2 is 2.11 bits per heavy atom. The van der Waals surface area contributed by atoms with Crippen LogP contribution in [0, 0.1) is 0 Å². The second kappa shape index (κ2) is 5.71. The van der Waals surface area contributed by atoms with Crippen LogP contribution in [0.3, 0.4) is 0 Å². The van der Waals surface area contributed by atoms with Crippen molar-refractivity contribution in [2.75, 3.05) is 0 Å². The Morgan fingerprint density at radius 1 is 1.39 bits per heavy atom. The predicted octanol–water partition coefficient (Wildman–Crippen LogP) is 4.69. The molecule has 18 heavy (non-hydrogen) atoms. The minimum absolute atomic E-state index is 0.0315. The third kappa shape index (κ3) is 2.67. The van der Waals surface area contributed by atoms with Crippen molar-refractivity contribution in [3.05, 3.63) is 48.6 Å². The molecule has 0 N–H and O–H groups in total. The molecule has 2 rings (SSSR count). The van der Waals surface area contributed by atoms with Crippen molar-refractivity contribution in [2.45, 2.75) is 57.2 Å². The molecule has 0 amide bonds. The van der Waals surface area contributed by atoms with Gasteiger partial charge < -0.3 is 4.74 Å². The molecule has 1 saturated heterocycles. The Morgan fingerprint density at radius 3 is 2.72 bits per heavy atom. The molecule has 0 aliphatic carbocycles. The average Bonchev–Trinajstić information content (AvgIpc) is 2.75. The van der Waals surface area contributed by atoms with Gasteiger partial charge >= 0.3 is 0 Å². The maximum atomic E-state index is 6.25. The van der Waals surface area contributed by atoms with Crippen LogP contribution in [-0.4, -0.2) is 11.7 Å². The van der Waals surface area contributed by atoms with Crippen molar-refractivity contribution >= 4 is 0 Å². The third-order valence-corrected chi connectivity index (χ3v) is 4.12. The highest BCUT2D eigenvalue weighted by atomic mass is 16.5. The van der Waals surface area contributed by atoms with Gasteiger partial charge in [0.25, 0.3) is 0 Å². The first-order chi connectivity index (χ1) is 8.69. The van der Waals surface area contributed by atoms with Crippen molar-refractivity contribution in [3.63, 3.8) is 0 Å². The zero-order valence-electron chi connectivity index (χ0n) is 11.6. The molecular formula is C17H24O. The summed E-state index contributed by atoms with van der Waals surface area (Å²) in [6.07, 6.45) is 6.80. The third-order valence-electron chi connectivity index (χ3n) is 4.12. The fraction of sp³-hybridized carbons (Fsp3) is 0.529. The molecular weight excluding hydrogens is 220 g/mol. The molecule has 0 aromatic heterocycles. The molecule has 98 valence electrons. The zero-order valence-corrected chi connectivity index (χ0v) is 11.6. The van der Waals surface area contributed by atoms with Crippen LogP contribution in [0.15, 0.2) is 43.0 Å². The minimum atomic E-state index is -0.0315. The van der Waals surface area contributed by atoms with E-state index in [1.807, 2.05) is 6.08 Å². The van der Waals surface area contributed by atoms with E-state index in [0.29, 0.717) is 5.92 Å². The molecule has 0 bridgehead atoms. The van der Waals surface area contributed by atoms with Gasteiger partial charge in [-0.3, -0.25) is 0 Å². The zero-order chi connectivity index (χ0) is 13.0. The van der Waals surface area contributed by atoms with Gasteiger partial charge in [0.15, 0.2) is 0 Å². The van der Waals surface area contributed by atoms with Crippen LogP contribution in [0.25, 0.3) is 0 Å². The van der Waals surface area contributed by atoms with Crippen molar-refractivity contribution in [1.29, 1.82) is 0 Å². The summed E-state index contributed by atoms with van der Waals surface area (Å²) >= 11 is 0. The van der Waals surface area contributed by atoms with Crippen LogP contribution >= 0.6 is 0 Å². The fourth-order valence-electron chi connectivity index (χ4n) is 3.04. The lowest BCUT2D eigenvalue weighted by molar-refractivity contribution is -0.0241. The molecule has 0 unspecified atom stereocenters. The number of hydrogen-bond acceptors (Lipinski definition) is 1. The van der Waals surface area contributed by atoms with E-state index in [1.54, 1.807) is 0 Å². The molecule has 1 heterocycles. The van der Waals surface area contributed by atoms with Gasteiger partial charge in [0, 0.05) is 5.92 Å². The van der Waals surface area contributed by atoms with Gasteiger partial charge in [-0.1, -0.05) is 56.2 Å². The van der Waals surface area contributed by atoms with E-state index in [4.69, 9.17) is 4.74 Å². The summed E-state index contributed by atoms with van der Waals surface area (Å²) in [5, 5.41) is 0. The first-order valence-electron chi connectivity index (χ1n) is 7.05. The first-order valence-corrected chi connectivity index (χ1v) is 7.05. The van der Waals surface area contributed by atoms with Crippen LogP contribution in [0.4, 0.5) is 0 Å². The van der Waals surface area contributed by atoms with E-state index >= 15 is 0 Å². The van der Waals surface area contributed by atoms with Gasteiger partial charge in [-0.25, -0.2) is 0 Å². The van der Waals surface area contributed by atoms with Gasteiger partial charge in [0.05, 0.1) is 11.7 Å². The van der Waals surface area contributed by atoms with Crippen molar-refractivity contribution in [2.24, 2.45) is 0 Å². The van der Waals surface area contributed by atoms with E-state index < -0.39 is 0 Å². The molecule has 0 radical (unpaired) electrons. The van der Waals surface area contributed by atoms with Crippen molar-refractivity contribution in [3.8, 4) is 0 Å². The lowest BCUT2D eigenvalue weighted by Gasteiger charge is -2.31. The standard InChI is InChI=1S/C17H24O/c1-4-6-12-17(3)16(13-15(5-2)18-17)14-10-8-7-9-11-14/h5,7-11,15-16H,2,4,6,12-13H2,1,3H3/t15-,16-,17-/m0/s1. The Balaban J connectivity index is 2.22. The summed E-state index contributed by atoms with van der Waals surface area (Å²) in [5.74, 6) is 0.494. The van der Waals surface area contributed by atoms with Crippen LogP contribution in [0.1, 0.15) is 51.0 Å². The molecule has 0 saturated carbocycles. The number of unbranched alkanes of at least 4 members (excludes halogenated alkanes) is 1. The quantitative estimate of drug-likeness (QED) is 0.682. The van der Waals surface area contributed by atoms with E-state index in [0.717, 1.165) is 12.8 Å². The fourth-order valence-corrected chi connectivity index (χ4v) is 3.04. The van der Waals surface area contributed by atoms with Crippen molar-refractivity contribution in [1.82, 2.24) is 0 Å². The second-order valence-electron chi connectivity index (χ2n) is 5.51. The summed E-state index contributed by atoms with van der Waals surface area (Å²) in [7, 11) is 0. The lowest BCUT2D eigenvalue weighted by atomic mass is 9.79. The second-order valence-corrected chi connectivity index (χ2v) is 5.51. The minimum Gasteiger partial charge on any atom is -0.367 e. The molecule has 1 aromatic rings. The van der Waals surface area contributed by atoms with Gasteiger partial charge in [-0.15, -0.1) is 6.58 Å². The topological polar surface area (TPSA) is 9.23 Å². The summed E-state index contributed by atoms with van der Waals surface area (Å²) in [4.78, 5) is 0. The largest absolute Gasteiger partial charge is 0.367 e. The molecule has 1 fully saturated rings. The van der Waals surface area contributed by atoms with E-state index in [-0.39, 0.29) is 11.7 Å². The molecule has 1 aliphatic rings. The van der Waals surface area contributed by atoms with Gasteiger partial charge in [-0.05, 0) is 25.3 Å². The van der Waals surface area contributed by atoms with E-state index in [1.165, 1.54) is 18.4 Å². The number of hydrogen-bond donors (Lipinski definition) is 0. The molecule has 1 nitrogen and oxygen atoms in total. The SMILES string of the molecule is C=C[C@H]1C[C@@H](c2ccccc2)[C@](C)(CCCC)O1. The Hall–Kier alpha value is -1.08. The maximum absolute atomic E-state index is 6.25. The molecule has 3 atom stereocenters. The monoisotopic (exact) mass is 244 g/mol.